The Kier molecular flexibility index (Phi) is 5.14. The Morgan fingerprint density at radius 2 is 1.90 bits per heavy atom. The molecule has 2 N–H and O–H groups in total. The number of nitrogens with one attached hydrogen (secondary N) is 2. The molecule has 2 unspecified atom stereocenters. The van der Waals surface area contributed by atoms with Gasteiger partial charge < -0.3 is 15.5 Å². The van der Waals surface area contributed by atoms with Crippen molar-refractivity contribution in [3.05, 3.63) is 11.9 Å². The lowest BCUT2D eigenvalue weighted by molar-refractivity contribution is 0.134. The Bertz CT molecular complexity index is 430. The zero-order valence-electron chi connectivity index (χ0n) is 12.8. The Balaban J connectivity index is 2.16. The quantitative estimate of drug-likeness (QED) is 0.862. The third-order valence-electron chi connectivity index (χ3n) is 3.74. The number of nitrogens with zero attached hydrogens (tertiary/aromatic N) is 3. The molecule has 2 heterocycles. The predicted octanol–water partition coefficient (Wildman–Crippen LogP) is 2.25. The standard InChI is InChI=1S/C14H25N5O/c1-10-6-5-7-11(2)19(10)18-13-8-12(15-3)16-14(17-13)9-20-4/h8,10-11H,5-7,9H2,1-4H3,(H2,15,16,17,18). The van der Waals surface area contributed by atoms with E-state index in [1.807, 2.05) is 13.1 Å². The molecule has 0 bridgehead atoms. The summed E-state index contributed by atoms with van der Waals surface area (Å²) < 4.78 is 5.12. The second kappa shape index (κ2) is 6.85. The number of piperidine rings is 1. The normalized spacial score (nSPS) is 23.6. The van der Waals surface area contributed by atoms with E-state index >= 15 is 0 Å². The number of hydrogen-bond donors (Lipinski definition) is 2. The van der Waals surface area contributed by atoms with E-state index in [9.17, 15) is 0 Å². The van der Waals surface area contributed by atoms with Crippen LogP contribution in [0.5, 0.6) is 0 Å². The molecule has 1 aliphatic rings. The molecule has 0 aliphatic carbocycles. The minimum Gasteiger partial charge on any atom is -0.377 e. The molecule has 1 fully saturated rings. The smallest absolute Gasteiger partial charge is 0.158 e. The zero-order valence-corrected chi connectivity index (χ0v) is 12.8. The average molecular weight is 279 g/mol. The van der Waals surface area contributed by atoms with Crippen molar-refractivity contribution in [3.8, 4) is 0 Å². The second-order valence-electron chi connectivity index (χ2n) is 5.39. The molecule has 0 aromatic carbocycles. The van der Waals surface area contributed by atoms with Gasteiger partial charge in [0.2, 0.25) is 0 Å². The average Bonchev–Trinajstić information content (AvgIpc) is 2.43. The van der Waals surface area contributed by atoms with Gasteiger partial charge in [0.1, 0.15) is 18.2 Å². The Morgan fingerprint density at radius 3 is 2.50 bits per heavy atom. The van der Waals surface area contributed by atoms with Gasteiger partial charge in [-0.25, -0.2) is 15.0 Å². The van der Waals surface area contributed by atoms with Crippen molar-refractivity contribution in [1.29, 1.82) is 0 Å². The summed E-state index contributed by atoms with van der Waals surface area (Å²) in [5.41, 5.74) is 3.44. The molecule has 0 spiro atoms. The lowest BCUT2D eigenvalue weighted by atomic mass is 10.00. The number of ether oxygens (including phenoxy) is 1. The number of hydrogen-bond acceptors (Lipinski definition) is 6. The summed E-state index contributed by atoms with van der Waals surface area (Å²) in [5.74, 6) is 2.29. The van der Waals surface area contributed by atoms with Gasteiger partial charge >= 0.3 is 0 Å². The third kappa shape index (κ3) is 3.58. The Morgan fingerprint density at radius 1 is 1.25 bits per heavy atom. The molecular weight excluding hydrogens is 254 g/mol. The molecule has 1 aromatic heterocycles. The van der Waals surface area contributed by atoms with Crippen LogP contribution >= 0.6 is 0 Å². The van der Waals surface area contributed by atoms with Gasteiger partial charge in [0, 0.05) is 32.3 Å². The van der Waals surface area contributed by atoms with Crippen molar-refractivity contribution in [2.45, 2.75) is 51.8 Å². The lowest BCUT2D eigenvalue weighted by Gasteiger charge is -2.39. The predicted molar refractivity (Wildman–Crippen MR) is 80.5 cm³/mol. The van der Waals surface area contributed by atoms with Crippen LogP contribution in [0, 0.1) is 0 Å². The number of aromatic nitrogens is 2. The van der Waals surface area contributed by atoms with E-state index in [4.69, 9.17) is 4.74 Å². The van der Waals surface area contributed by atoms with E-state index in [1.54, 1.807) is 7.11 Å². The van der Waals surface area contributed by atoms with Crippen LogP contribution in [0.4, 0.5) is 11.6 Å². The molecule has 6 heteroatoms. The van der Waals surface area contributed by atoms with Crippen LogP contribution in [0.15, 0.2) is 6.07 Å². The third-order valence-corrected chi connectivity index (χ3v) is 3.74. The minimum atomic E-state index is 0.412. The fraction of sp³-hybridized carbons (Fsp3) is 0.714. The van der Waals surface area contributed by atoms with Crippen LogP contribution in [0.25, 0.3) is 0 Å². The van der Waals surface area contributed by atoms with Gasteiger partial charge in [-0.2, -0.15) is 0 Å². The van der Waals surface area contributed by atoms with Crippen LogP contribution in [0.3, 0.4) is 0 Å². The summed E-state index contributed by atoms with van der Waals surface area (Å²) in [4.78, 5) is 8.87. The first-order valence-electron chi connectivity index (χ1n) is 7.23. The van der Waals surface area contributed by atoms with E-state index < -0.39 is 0 Å². The van der Waals surface area contributed by atoms with E-state index in [2.05, 4.69) is 39.6 Å². The molecule has 1 saturated heterocycles. The molecule has 1 aromatic rings. The highest BCUT2D eigenvalue weighted by atomic mass is 16.5. The highest BCUT2D eigenvalue weighted by molar-refractivity contribution is 5.46. The molecular formula is C14H25N5O. The van der Waals surface area contributed by atoms with Crippen LogP contribution in [-0.4, -0.2) is 41.2 Å². The second-order valence-corrected chi connectivity index (χ2v) is 5.39. The molecule has 112 valence electrons. The van der Waals surface area contributed by atoms with Crippen LogP contribution < -0.4 is 10.7 Å². The van der Waals surface area contributed by atoms with Gasteiger partial charge in [0.05, 0.1) is 0 Å². The maximum absolute atomic E-state index is 5.12. The van der Waals surface area contributed by atoms with Crippen LogP contribution in [0.1, 0.15) is 38.9 Å². The topological polar surface area (TPSA) is 62.3 Å². The number of anilines is 2. The Hall–Kier alpha value is -1.40. The van der Waals surface area contributed by atoms with Gasteiger partial charge in [-0.15, -0.1) is 0 Å². The molecule has 0 saturated carbocycles. The first-order valence-corrected chi connectivity index (χ1v) is 7.23. The fourth-order valence-electron chi connectivity index (χ4n) is 2.65. The number of methoxy groups -OCH3 is 1. The number of rotatable bonds is 5. The van der Waals surface area contributed by atoms with Crippen molar-refractivity contribution < 1.29 is 4.74 Å². The van der Waals surface area contributed by atoms with E-state index in [1.165, 1.54) is 19.3 Å². The first-order chi connectivity index (χ1) is 9.63. The van der Waals surface area contributed by atoms with Crippen molar-refractivity contribution in [1.82, 2.24) is 15.0 Å². The lowest BCUT2D eigenvalue weighted by Crippen LogP contribution is -2.47. The molecule has 1 aliphatic heterocycles. The highest BCUT2D eigenvalue weighted by Gasteiger charge is 2.25. The SMILES string of the molecule is CNc1cc(NN2C(C)CCCC2C)nc(COC)n1. The van der Waals surface area contributed by atoms with E-state index in [0.29, 0.717) is 24.5 Å². The zero-order chi connectivity index (χ0) is 14.5. The van der Waals surface area contributed by atoms with Gasteiger partial charge in [-0.3, -0.25) is 0 Å². The molecule has 6 nitrogen and oxygen atoms in total. The summed E-state index contributed by atoms with van der Waals surface area (Å²) in [5, 5.41) is 5.35. The van der Waals surface area contributed by atoms with Crippen LogP contribution in [-0.2, 0) is 11.3 Å². The van der Waals surface area contributed by atoms with Crippen molar-refractivity contribution in [2.75, 3.05) is 24.9 Å². The summed E-state index contributed by atoms with van der Waals surface area (Å²) in [6.07, 6.45) is 3.72. The fourth-order valence-corrected chi connectivity index (χ4v) is 2.65. The van der Waals surface area contributed by atoms with Gasteiger partial charge in [-0.1, -0.05) is 6.42 Å². The monoisotopic (exact) mass is 279 g/mol. The molecule has 0 amide bonds. The molecule has 2 atom stereocenters. The maximum atomic E-state index is 5.12. The highest BCUT2D eigenvalue weighted by Crippen LogP contribution is 2.23. The summed E-state index contributed by atoms with van der Waals surface area (Å²) in [6.45, 7) is 4.91. The largest absolute Gasteiger partial charge is 0.377 e. The summed E-state index contributed by atoms with van der Waals surface area (Å²) >= 11 is 0. The van der Waals surface area contributed by atoms with Gasteiger partial charge in [0.25, 0.3) is 0 Å². The molecule has 20 heavy (non-hydrogen) atoms. The summed E-state index contributed by atoms with van der Waals surface area (Å²) in [6, 6.07) is 2.95. The van der Waals surface area contributed by atoms with Crippen LogP contribution in [0.2, 0.25) is 0 Å². The Labute approximate surface area is 120 Å². The van der Waals surface area contributed by atoms with E-state index in [0.717, 1.165) is 11.6 Å². The van der Waals surface area contributed by atoms with Crippen molar-refractivity contribution >= 4 is 11.6 Å². The van der Waals surface area contributed by atoms with Gasteiger partial charge in [0.15, 0.2) is 5.82 Å². The van der Waals surface area contributed by atoms with Gasteiger partial charge in [-0.05, 0) is 26.7 Å². The minimum absolute atomic E-state index is 0.412. The molecule has 2 rings (SSSR count). The number of hydrazine groups is 1. The van der Waals surface area contributed by atoms with Crippen molar-refractivity contribution in [2.24, 2.45) is 0 Å². The van der Waals surface area contributed by atoms with Crippen molar-refractivity contribution in [3.63, 3.8) is 0 Å². The van der Waals surface area contributed by atoms with E-state index in [-0.39, 0.29) is 0 Å². The molecule has 0 radical (unpaired) electrons. The first kappa shape index (κ1) is 15.0. The summed E-state index contributed by atoms with van der Waals surface area (Å²) in [7, 11) is 3.51. The maximum Gasteiger partial charge on any atom is 0.158 e.